The van der Waals surface area contributed by atoms with Crippen molar-refractivity contribution >= 4 is 11.8 Å². The Morgan fingerprint density at radius 1 is 1.30 bits per heavy atom. The number of carbonyl (C=O) groups is 2. The molecule has 120 valence electrons. The highest BCUT2D eigenvalue weighted by Crippen LogP contribution is 2.20. The average Bonchev–Trinajstić information content (AvgIpc) is 3.24. The molecule has 2 aliphatic heterocycles. The van der Waals surface area contributed by atoms with E-state index in [1.807, 2.05) is 18.2 Å². The summed E-state index contributed by atoms with van der Waals surface area (Å²) in [5.74, 6) is -0.146. The Labute approximate surface area is 135 Å². The van der Waals surface area contributed by atoms with Gasteiger partial charge in [-0.15, -0.1) is 0 Å². The Balaban J connectivity index is 1.55. The van der Waals surface area contributed by atoms with Crippen LogP contribution in [0.4, 0.5) is 0 Å². The van der Waals surface area contributed by atoms with Crippen molar-refractivity contribution in [3.05, 3.63) is 35.9 Å². The van der Waals surface area contributed by atoms with Crippen LogP contribution in [0.25, 0.3) is 0 Å². The topological polar surface area (TPSA) is 85.2 Å². The predicted molar refractivity (Wildman–Crippen MR) is 84.5 cm³/mol. The van der Waals surface area contributed by atoms with E-state index in [0.29, 0.717) is 25.1 Å². The van der Waals surface area contributed by atoms with Crippen molar-refractivity contribution in [2.24, 2.45) is 0 Å². The zero-order chi connectivity index (χ0) is 16.2. The van der Waals surface area contributed by atoms with Crippen molar-refractivity contribution in [1.29, 1.82) is 5.26 Å². The molecule has 2 heterocycles. The lowest BCUT2D eigenvalue weighted by atomic mass is 10.1. The molecular weight excluding hydrogens is 292 g/mol. The molecule has 6 nitrogen and oxygen atoms in total. The van der Waals surface area contributed by atoms with Crippen molar-refractivity contribution in [2.45, 2.75) is 37.4 Å². The normalized spacial score (nSPS) is 26.7. The van der Waals surface area contributed by atoms with Crippen LogP contribution in [0.2, 0.25) is 0 Å². The van der Waals surface area contributed by atoms with Gasteiger partial charge in [-0.25, -0.2) is 0 Å². The molecule has 0 saturated carbocycles. The van der Waals surface area contributed by atoms with Gasteiger partial charge in [0.15, 0.2) is 0 Å². The molecule has 2 amide bonds. The van der Waals surface area contributed by atoms with E-state index in [1.54, 1.807) is 17.0 Å². The molecule has 6 heteroatoms. The minimum Gasteiger partial charge on any atom is -0.348 e. The molecule has 0 bridgehead atoms. The summed E-state index contributed by atoms with van der Waals surface area (Å²) in [6, 6.07) is 10.5. The summed E-state index contributed by atoms with van der Waals surface area (Å²) >= 11 is 0. The lowest BCUT2D eigenvalue weighted by Gasteiger charge is -2.23. The van der Waals surface area contributed by atoms with Gasteiger partial charge in [0, 0.05) is 24.7 Å². The molecule has 0 aliphatic carbocycles. The van der Waals surface area contributed by atoms with Crippen molar-refractivity contribution < 1.29 is 9.59 Å². The summed E-state index contributed by atoms with van der Waals surface area (Å²) in [6.07, 6.45) is 2.19. The van der Waals surface area contributed by atoms with Gasteiger partial charge >= 0.3 is 0 Å². The average molecular weight is 312 g/mol. The number of rotatable bonds is 3. The van der Waals surface area contributed by atoms with E-state index in [2.05, 4.69) is 16.7 Å². The third-order valence-electron chi connectivity index (χ3n) is 4.49. The van der Waals surface area contributed by atoms with Crippen LogP contribution in [0.15, 0.2) is 30.3 Å². The van der Waals surface area contributed by atoms with Gasteiger partial charge in [-0.1, -0.05) is 18.2 Å². The Kier molecular flexibility index (Phi) is 4.58. The second-order valence-corrected chi connectivity index (χ2v) is 6.05. The first-order chi connectivity index (χ1) is 11.2. The summed E-state index contributed by atoms with van der Waals surface area (Å²) in [4.78, 5) is 26.3. The second kappa shape index (κ2) is 6.80. The number of likely N-dealkylation sites (tertiary alicyclic amines) is 1. The van der Waals surface area contributed by atoms with Crippen LogP contribution in [0, 0.1) is 11.3 Å². The van der Waals surface area contributed by atoms with Crippen molar-refractivity contribution in [3.63, 3.8) is 0 Å². The Hall–Kier alpha value is -2.39. The van der Waals surface area contributed by atoms with Crippen LogP contribution in [0.1, 0.15) is 29.6 Å². The van der Waals surface area contributed by atoms with E-state index in [0.717, 1.165) is 12.8 Å². The van der Waals surface area contributed by atoms with E-state index in [1.165, 1.54) is 0 Å². The molecule has 3 atom stereocenters. The first-order valence-corrected chi connectivity index (χ1v) is 7.98. The van der Waals surface area contributed by atoms with Crippen molar-refractivity contribution in [3.8, 4) is 6.07 Å². The van der Waals surface area contributed by atoms with Crippen molar-refractivity contribution in [1.82, 2.24) is 15.5 Å². The van der Waals surface area contributed by atoms with Crippen LogP contribution < -0.4 is 10.6 Å². The fraction of sp³-hybridized carbons (Fsp3) is 0.471. The lowest BCUT2D eigenvalue weighted by Crippen LogP contribution is -2.45. The number of carbonyl (C=O) groups excluding carboxylic acids is 2. The SMILES string of the molecule is N#C[C@@H]1CCCN1C(=O)[C@@H]1C[C@H](NC(=O)c2ccccc2)CN1. The van der Waals surface area contributed by atoms with Crippen LogP contribution in [0.3, 0.4) is 0 Å². The first-order valence-electron chi connectivity index (χ1n) is 7.98. The second-order valence-electron chi connectivity index (χ2n) is 6.05. The van der Waals surface area contributed by atoms with Gasteiger partial charge in [0.25, 0.3) is 5.91 Å². The highest BCUT2D eigenvalue weighted by molar-refractivity contribution is 5.94. The Morgan fingerprint density at radius 3 is 2.83 bits per heavy atom. The van der Waals surface area contributed by atoms with Gasteiger partial charge < -0.3 is 15.5 Å². The molecular formula is C17H20N4O2. The van der Waals surface area contributed by atoms with Gasteiger partial charge in [-0.05, 0) is 31.4 Å². The third-order valence-corrected chi connectivity index (χ3v) is 4.49. The summed E-state index contributed by atoms with van der Waals surface area (Å²) in [7, 11) is 0. The number of nitrogens with zero attached hydrogens (tertiary/aromatic N) is 2. The molecule has 1 aromatic rings. The largest absolute Gasteiger partial charge is 0.348 e. The van der Waals surface area contributed by atoms with Crippen LogP contribution in [0.5, 0.6) is 0 Å². The maximum Gasteiger partial charge on any atom is 0.251 e. The predicted octanol–water partition coefficient (Wildman–Crippen LogP) is 0.661. The summed E-state index contributed by atoms with van der Waals surface area (Å²) in [5, 5.41) is 15.2. The van der Waals surface area contributed by atoms with Gasteiger partial charge in [-0.3, -0.25) is 9.59 Å². The Morgan fingerprint density at radius 2 is 2.09 bits per heavy atom. The third kappa shape index (κ3) is 3.35. The van der Waals surface area contributed by atoms with E-state index in [-0.39, 0.29) is 29.9 Å². The highest BCUT2D eigenvalue weighted by atomic mass is 16.2. The summed E-state index contributed by atoms with van der Waals surface area (Å²) in [6.45, 7) is 1.22. The summed E-state index contributed by atoms with van der Waals surface area (Å²) in [5.41, 5.74) is 0.617. The number of hydrogen-bond donors (Lipinski definition) is 2. The highest BCUT2D eigenvalue weighted by Gasteiger charge is 2.37. The number of amides is 2. The molecule has 0 radical (unpaired) electrons. The number of benzene rings is 1. The molecule has 0 spiro atoms. The van der Waals surface area contributed by atoms with Crippen LogP contribution in [-0.4, -0.2) is 47.9 Å². The Bertz CT molecular complexity index is 625. The molecule has 2 aliphatic rings. The molecule has 2 N–H and O–H groups in total. The van der Waals surface area contributed by atoms with Gasteiger partial charge in [0.2, 0.25) is 5.91 Å². The molecule has 23 heavy (non-hydrogen) atoms. The first kappa shape index (κ1) is 15.5. The van der Waals surface area contributed by atoms with E-state index >= 15 is 0 Å². The molecule has 3 rings (SSSR count). The van der Waals surface area contributed by atoms with E-state index in [9.17, 15) is 9.59 Å². The fourth-order valence-electron chi connectivity index (χ4n) is 3.26. The van der Waals surface area contributed by atoms with Crippen molar-refractivity contribution in [2.75, 3.05) is 13.1 Å². The maximum absolute atomic E-state index is 12.5. The number of nitrogens with one attached hydrogen (secondary N) is 2. The number of nitriles is 1. The monoisotopic (exact) mass is 312 g/mol. The van der Waals surface area contributed by atoms with E-state index in [4.69, 9.17) is 5.26 Å². The van der Waals surface area contributed by atoms with Gasteiger partial charge in [0.1, 0.15) is 6.04 Å². The zero-order valence-corrected chi connectivity index (χ0v) is 12.9. The minimum absolute atomic E-state index is 0.0227. The molecule has 0 aromatic heterocycles. The summed E-state index contributed by atoms with van der Waals surface area (Å²) < 4.78 is 0. The maximum atomic E-state index is 12.5. The molecule has 2 fully saturated rings. The van der Waals surface area contributed by atoms with Crippen LogP contribution in [-0.2, 0) is 4.79 Å². The smallest absolute Gasteiger partial charge is 0.251 e. The van der Waals surface area contributed by atoms with E-state index < -0.39 is 0 Å². The minimum atomic E-state index is -0.315. The molecule has 1 aromatic carbocycles. The zero-order valence-electron chi connectivity index (χ0n) is 12.9. The number of hydrogen-bond acceptors (Lipinski definition) is 4. The van der Waals surface area contributed by atoms with Crippen LogP contribution >= 0.6 is 0 Å². The van der Waals surface area contributed by atoms with Gasteiger partial charge in [0.05, 0.1) is 12.1 Å². The quantitative estimate of drug-likeness (QED) is 0.859. The molecule has 2 saturated heterocycles. The lowest BCUT2D eigenvalue weighted by molar-refractivity contribution is -0.133. The fourth-order valence-corrected chi connectivity index (χ4v) is 3.26. The van der Waals surface area contributed by atoms with Gasteiger partial charge in [-0.2, -0.15) is 5.26 Å². The molecule has 0 unspecified atom stereocenters. The standard InChI is InChI=1S/C17H20N4O2/c18-10-14-7-4-8-21(14)17(23)15-9-13(11-19-15)20-16(22)12-5-2-1-3-6-12/h1-3,5-6,13-15,19H,4,7-9,11H2,(H,20,22)/t13-,14-,15-/m0/s1.